The third-order valence-electron chi connectivity index (χ3n) is 3.66. The maximum absolute atomic E-state index is 12.7. The van der Waals surface area contributed by atoms with Gasteiger partial charge in [0, 0.05) is 5.75 Å². The number of benzene rings is 1. The maximum atomic E-state index is 12.7. The molecular weight excluding hydrogens is 456 g/mol. The van der Waals surface area contributed by atoms with Crippen LogP contribution in [0.5, 0.6) is 5.75 Å². The van der Waals surface area contributed by atoms with Gasteiger partial charge in [-0.25, -0.2) is 8.42 Å². The largest absolute Gasteiger partial charge is 0.495 e. The molecule has 0 aliphatic carbocycles. The van der Waals surface area contributed by atoms with Gasteiger partial charge in [0.25, 0.3) is 0 Å². The second-order valence-corrected chi connectivity index (χ2v) is 11.1. The second-order valence-electron chi connectivity index (χ2n) is 6.62. The van der Waals surface area contributed by atoms with Crippen molar-refractivity contribution in [1.82, 2.24) is 10.2 Å². The van der Waals surface area contributed by atoms with Crippen molar-refractivity contribution in [1.29, 1.82) is 0 Å². The van der Waals surface area contributed by atoms with Crippen LogP contribution in [0, 0.1) is 5.92 Å². The van der Waals surface area contributed by atoms with Gasteiger partial charge in [-0.3, -0.25) is 14.4 Å². The Morgan fingerprint density at radius 3 is 2.59 bits per heavy atom. The van der Waals surface area contributed by atoms with Gasteiger partial charge in [0.2, 0.25) is 21.1 Å². The Morgan fingerprint density at radius 1 is 1.34 bits per heavy atom. The Balaban J connectivity index is 2.20. The Labute approximate surface area is 184 Å². The zero-order valence-electron chi connectivity index (χ0n) is 16.7. The average molecular weight is 479 g/mol. The molecule has 0 fully saturated rings. The van der Waals surface area contributed by atoms with Crippen LogP contribution >= 0.6 is 34.7 Å². The van der Waals surface area contributed by atoms with Crippen LogP contribution in [0.1, 0.15) is 20.8 Å². The SMILES string of the molecule is COc1ccc(N([C@@H](C)C(=O)Nc2nnc(SCC(C)C)s2)S(C)(=O)=O)cc1Cl. The molecule has 0 aliphatic heterocycles. The molecule has 0 unspecified atom stereocenters. The summed E-state index contributed by atoms with van der Waals surface area (Å²) >= 11 is 8.93. The Bertz CT molecular complexity index is 965. The summed E-state index contributed by atoms with van der Waals surface area (Å²) in [4.78, 5) is 12.7. The fraction of sp³-hybridized carbons (Fsp3) is 0.471. The highest BCUT2D eigenvalue weighted by atomic mass is 35.5. The summed E-state index contributed by atoms with van der Waals surface area (Å²) in [6.07, 6.45) is 1.03. The fourth-order valence-corrected chi connectivity index (χ4v) is 5.52. The van der Waals surface area contributed by atoms with E-state index in [1.807, 2.05) is 0 Å². The molecule has 29 heavy (non-hydrogen) atoms. The highest BCUT2D eigenvalue weighted by Crippen LogP contribution is 2.32. The van der Waals surface area contributed by atoms with Crippen molar-refractivity contribution in [3.05, 3.63) is 23.2 Å². The molecule has 160 valence electrons. The summed E-state index contributed by atoms with van der Waals surface area (Å²) in [5.74, 6) is 1.26. The Kier molecular flexibility index (Phi) is 8.15. The van der Waals surface area contributed by atoms with Crippen molar-refractivity contribution < 1.29 is 17.9 Å². The minimum atomic E-state index is -3.77. The fourth-order valence-electron chi connectivity index (χ4n) is 2.37. The number of carbonyl (C=O) groups excluding carboxylic acids is 1. The summed E-state index contributed by atoms with van der Waals surface area (Å²) in [5.41, 5.74) is 0.256. The van der Waals surface area contributed by atoms with E-state index in [-0.39, 0.29) is 10.7 Å². The first-order valence-corrected chi connectivity index (χ1v) is 12.7. The number of nitrogens with one attached hydrogen (secondary N) is 1. The number of sulfonamides is 1. The minimum Gasteiger partial charge on any atom is -0.495 e. The lowest BCUT2D eigenvalue weighted by atomic mass is 10.2. The predicted octanol–water partition coefficient (Wildman–Crippen LogP) is 3.74. The van der Waals surface area contributed by atoms with Gasteiger partial charge in [-0.05, 0) is 31.0 Å². The molecule has 8 nitrogen and oxygen atoms in total. The molecule has 1 aromatic heterocycles. The quantitative estimate of drug-likeness (QED) is 0.432. The van der Waals surface area contributed by atoms with Crippen molar-refractivity contribution in [2.75, 3.05) is 28.7 Å². The highest BCUT2D eigenvalue weighted by Gasteiger charge is 2.30. The number of ether oxygens (including phenoxy) is 1. The zero-order chi connectivity index (χ0) is 21.8. The molecular formula is C17H23ClN4O4S3. The molecule has 1 amide bonds. The Morgan fingerprint density at radius 2 is 2.03 bits per heavy atom. The molecule has 1 heterocycles. The lowest BCUT2D eigenvalue weighted by molar-refractivity contribution is -0.116. The zero-order valence-corrected chi connectivity index (χ0v) is 19.9. The van der Waals surface area contributed by atoms with Gasteiger partial charge in [0.1, 0.15) is 11.8 Å². The van der Waals surface area contributed by atoms with E-state index in [4.69, 9.17) is 16.3 Å². The number of rotatable bonds is 9. The van der Waals surface area contributed by atoms with Crippen LogP contribution in [-0.4, -0.2) is 49.7 Å². The van der Waals surface area contributed by atoms with E-state index in [2.05, 4.69) is 29.4 Å². The third kappa shape index (κ3) is 6.46. The normalized spacial score (nSPS) is 12.7. The van der Waals surface area contributed by atoms with Crippen LogP contribution < -0.4 is 14.4 Å². The van der Waals surface area contributed by atoms with Crippen LogP contribution in [0.15, 0.2) is 22.5 Å². The number of thioether (sulfide) groups is 1. The van der Waals surface area contributed by atoms with Crippen molar-refractivity contribution in [2.45, 2.75) is 31.2 Å². The summed E-state index contributed by atoms with van der Waals surface area (Å²) in [6, 6.07) is 3.48. The standard InChI is InChI=1S/C17H23ClN4O4S3/c1-10(2)9-27-17-21-20-16(28-17)19-15(23)11(3)22(29(5,24)25)12-6-7-14(26-4)13(18)8-12/h6-8,10-11H,9H2,1-5H3,(H,19,20,23)/t11-/m0/s1. The van der Waals surface area contributed by atoms with Crippen molar-refractivity contribution in [3.8, 4) is 5.75 Å². The average Bonchev–Trinajstić information content (AvgIpc) is 3.06. The number of hydrogen-bond acceptors (Lipinski definition) is 8. The van der Waals surface area contributed by atoms with E-state index in [9.17, 15) is 13.2 Å². The number of hydrogen-bond donors (Lipinski definition) is 1. The van der Waals surface area contributed by atoms with E-state index >= 15 is 0 Å². The molecule has 0 aliphatic rings. The number of nitrogens with zero attached hydrogens (tertiary/aromatic N) is 3. The van der Waals surface area contributed by atoms with E-state index < -0.39 is 22.0 Å². The molecule has 1 aromatic carbocycles. The number of aromatic nitrogens is 2. The van der Waals surface area contributed by atoms with Gasteiger partial charge in [-0.15, -0.1) is 10.2 Å². The highest BCUT2D eigenvalue weighted by molar-refractivity contribution is 8.01. The predicted molar refractivity (Wildman–Crippen MR) is 119 cm³/mol. The Hall–Kier alpha value is -1.56. The van der Waals surface area contributed by atoms with Crippen LogP contribution in [0.2, 0.25) is 5.02 Å². The smallest absolute Gasteiger partial charge is 0.249 e. The monoisotopic (exact) mass is 478 g/mol. The van der Waals surface area contributed by atoms with Crippen LogP contribution in [-0.2, 0) is 14.8 Å². The van der Waals surface area contributed by atoms with E-state index in [0.29, 0.717) is 16.8 Å². The number of anilines is 2. The second kappa shape index (κ2) is 9.96. The van der Waals surface area contributed by atoms with Gasteiger partial charge < -0.3 is 4.74 Å². The number of methoxy groups -OCH3 is 1. The molecule has 0 saturated heterocycles. The molecule has 1 atom stereocenters. The topological polar surface area (TPSA) is 101 Å². The molecule has 12 heteroatoms. The van der Waals surface area contributed by atoms with Crippen LogP contribution in [0.25, 0.3) is 0 Å². The van der Waals surface area contributed by atoms with Gasteiger partial charge in [-0.2, -0.15) is 0 Å². The van der Waals surface area contributed by atoms with Crippen molar-refractivity contribution in [3.63, 3.8) is 0 Å². The number of halogens is 1. The van der Waals surface area contributed by atoms with E-state index in [1.165, 1.54) is 37.5 Å². The molecule has 0 bridgehead atoms. The third-order valence-corrected chi connectivity index (χ3v) is 7.59. The van der Waals surface area contributed by atoms with Crippen LogP contribution in [0.4, 0.5) is 10.8 Å². The molecule has 2 rings (SSSR count). The summed E-state index contributed by atoms with van der Waals surface area (Å²) in [5, 5.41) is 11.2. The molecule has 0 spiro atoms. The van der Waals surface area contributed by atoms with E-state index in [0.717, 1.165) is 20.7 Å². The van der Waals surface area contributed by atoms with Crippen molar-refractivity contribution >= 4 is 61.4 Å². The van der Waals surface area contributed by atoms with Gasteiger partial charge in [0.05, 0.1) is 24.1 Å². The lowest BCUT2D eigenvalue weighted by Crippen LogP contribution is -2.45. The number of carbonyl (C=O) groups is 1. The van der Waals surface area contributed by atoms with Gasteiger partial charge >= 0.3 is 0 Å². The van der Waals surface area contributed by atoms with Gasteiger partial charge in [0.15, 0.2) is 4.34 Å². The summed E-state index contributed by atoms with van der Waals surface area (Å²) in [7, 11) is -2.31. The first kappa shape index (κ1) is 23.7. The molecule has 2 aromatic rings. The maximum Gasteiger partial charge on any atom is 0.249 e. The van der Waals surface area contributed by atoms with E-state index in [1.54, 1.807) is 17.8 Å². The first-order valence-electron chi connectivity index (χ1n) is 8.63. The van der Waals surface area contributed by atoms with Gasteiger partial charge in [-0.1, -0.05) is 48.5 Å². The molecule has 0 saturated carbocycles. The summed E-state index contributed by atoms with van der Waals surface area (Å²) < 4.78 is 31.6. The van der Waals surface area contributed by atoms with Crippen molar-refractivity contribution in [2.24, 2.45) is 5.92 Å². The molecule has 0 radical (unpaired) electrons. The summed E-state index contributed by atoms with van der Waals surface area (Å²) in [6.45, 7) is 5.69. The minimum absolute atomic E-state index is 0.238. The van der Waals surface area contributed by atoms with Crippen LogP contribution in [0.3, 0.4) is 0 Å². The molecule has 1 N–H and O–H groups in total. The first-order chi connectivity index (χ1) is 13.5. The number of amides is 1. The lowest BCUT2D eigenvalue weighted by Gasteiger charge is -2.28.